The SMILES string of the molecule is CNc1ccc(O)c(C(F)(F)F)c1. The van der Waals surface area contributed by atoms with Crippen molar-refractivity contribution >= 4 is 5.69 Å². The minimum atomic E-state index is -4.52. The molecule has 13 heavy (non-hydrogen) atoms. The average Bonchev–Trinajstić information content (AvgIpc) is 2.03. The molecular weight excluding hydrogens is 183 g/mol. The van der Waals surface area contributed by atoms with Crippen molar-refractivity contribution < 1.29 is 18.3 Å². The first-order valence-electron chi connectivity index (χ1n) is 3.53. The van der Waals surface area contributed by atoms with E-state index in [0.717, 1.165) is 12.1 Å². The molecule has 0 aromatic heterocycles. The number of phenols is 1. The molecule has 5 heteroatoms. The molecule has 2 nitrogen and oxygen atoms in total. The van der Waals surface area contributed by atoms with Gasteiger partial charge >= 0.3 is 6.18 Å². The Kier molecular flexibility index (Phi) is 2.36. The van der Waals surface area contributed by atoms with Crippen LogP contribution in [0.4, 0.5) is 18.9 Å². The van der Waals surface area contributed by atoms with E-state index in [0.29, 0.717) is 5.69 Å². The normalized spacial score (nSPS) is 11.4. The van der Waals surface area contributed by atoms with Crippen molar-refractivity contribution in [2.45, 2.75) is 6.18 Å². The Labute approximate surface area is 73.0 Å². The maximum absolute atomic E-state index is 12.2. The molecule has 0 bridgehead atoms. The summed E-state index contributed by atoms with van der Waals surface area (Å²) in [6, 6.07) is 3.23. The van der Waals surface area contributed by atoms with Crippen LogP contribution in [0.15, 0.2) is 18.2 Å². The molecule has 0 heterocycles. The van der Waals surface area contributed by atoms with Crippen LogP contribution in [0.25, 0.3) is 0 Å². The summed E-state index contributed by atoms with van der Waals surface area (Å²) in [6.45, 7) is 0. The molecule has 0 unspecified atom stereocenters. The summed E-state index contributed by atoms with van der Waals surface area (Å²) < 4.78 is 36.5. The number of aromatic hydroxyl groups is 1. The predicted octanol–water partition coefficient (Wildman–Crippen LogP) is 2.45. The summed E-state index contributed by atoms with van der Waals surface area (Å²) in [5.41, 5.74) is -0.718. The second-order valence-electron chi connectivity index (χ2n) is 2.48. The number of hydrogen-bond acceptors (Lipinski definition) is 2. The number of phenolic OH excluding ortho intramolecular Hbond substituents is 1. The van der Waals surface area contributed by atoms with Crippen LogP contribution in [-0.4, -0.2) is 12.2 Å². The molecule has 2 N–H and O–H groups in total. The summed E-state index contributed by atoms with van der Waals surface area (Å²) in [4.78, 5) is 0. The zero-order valence-electron chi connectivity index (χ0n) is 6.81. The van der Waals surface area contributed by atoms with Gasteiger partial charge in [0.05, 0.1) is 5.56 Å². The van der Waals surface area contributed by atoms with Gasteiger partial charge in [0, 0.05) is 12.7 Å². The first-order chi connectivity index (χ1) is 5.95. The second-order valence-corrected chi connectivity index (χ2v) is 2.48. The maximum atomic E-state index is 12.2. The quantitative estimate of drug-likeness (QED) is 0.668. The van der Waals surface area contributed by atoms with Gasteiger partial charge in [-0.3, -0.25) is 0 Å². The van der Waals surface area contributed by atoms with Crippen molar-refractivity contribution in [2.75, 3.05) is 12.4 Å². The monoisotopic (exact) mass is 191 g/mol. The Balaban J connectivity index is 3.19. The summed E-state index contributed by atoms with van der Waals surface area (Å²) in [6.07, 6.45) is -4.52. The van der Waals surface area contributed by atoms with E-state index in [1.807, 2.05) is 0 Å². The van der Waals surface area contributed by atoms with E-state index in [1.165, 1.54) is 13.1 Å². The summed E-state index contributed by atoms with van der Waals surface area (Å²) in [5.74, 6) is -0.758. The number of halogens is 3. The van der Waals surface area contributed by atoms with E-state index < -0.39 is 17.5 Å². The van der Waals surface area contributed by atoms with Gasteiger partial charge in [-0.1, -0.05) is 0 Å². The third-order valence-corrected chi connectivity index (χ3v) is 1.59. The van der Waals surface area contributed by atoms with Crippen LogP contribution in [0.5, 0.6) is 5.75 Å². The zero-order valence-corrected chi connectivity index (χ0v) is 6.81. The second kappa shape index (κ2) is 3.16. The van der Waals surface area contributed by atoms with Crippen LogP contribution in [0.1, 0.15) is 5.56 Å². The average molecular weight is 191 g/mol. The first kappa shape index (κ1) is 9.70. The lowest BCUT2D eigenvalue weighted by atomic mass is 10.1. The number of benzene rings is 1. The Morgan fingerprint density at radius 3 is 2.38 bits per heavy atom. The summed E-state index contributed by atoms with van der Waals surface area (Å²) in [7, 11) is 1.51. The minimum absolute atomic E-state index is 0.310. The van der Waals surface area contributed by atoms with Crippen LogP contribution in [0.2, 0.25) is 0 Å². The highest BCUT2D eigenvalue weighted by molar-refractivity contribution is 5.51. The van der Waals surface area contributed by atoms with Crippen molar-refractivity contribution in [3.05, 3.63) is 23.8 Å². The van der Waals surface area contributed by atoms with Crippen molar-refractivity contribution in [3.63, 3.8) is 0 Å². The Morgan fingerprint density at radius 1 is 1.31 bits per heavy atom. The molecule has 0 aliphatic carbocycles. The molecule has 72 valence electrons. The lowest BCUT2D eigenvalue weighted by Crippen LogP contribution is -2.05. The number of alkyl halides is 3. The van der Waals surface area contributed by atoms with E-state index in [1.54, 1.807) is 0 Å². The third-order valence-electron chi connectivity index (χ3n) is 1.59. The van der Waals surface area contributed by atoms with E-state index in [4.69, 9.17) is 5.11 Å². The topological polar surface area (TPSA) is 32.3 Å². The number of anilines is 1. The van der Waals surface area contributed by atoms with Gasteiger partial charge in [-0.05, 0) is 18.2 Å². The lowest BCUT2D eigenvalue weighted by Gasteiger charge is -2.10. The zero-order chi connectivity index (χ0) is 10.1. The van der Waals surface area contributed by atoms with Crippen molar-refractivity contribution in [1.29, 1.82) is 0 Å². The van der Waals surface area contributed by atoms with E-state index in [2.05, 4.69) is 5.32 Å². The van der Waals surface area contributed by atoms with Gasteiger partial charge < -0.3 is 10.4 Å². The molecule has 0 saturated carbocycles. The Hall–Kier alpha value is -1.39. The molecule has 0 aliphatic heterocycles. The van der Waals surface area contributed by atoms with Crippen LogP contribution in [0, 0.1) is 0 Å². The molecule has 1 aromatic rings. The largest absolute Gasteiger partial charge is 0.507 e. The highest BCUT2D eigenvalue weighted by Crippen LogP contribution is 2.36. The van der Waals surface area contributed by atoms with Crippen LogP contribution in [0.3, 0.4) is 0 Å². The van der Waals surface area contributed by atoms with E-state index >= 15 is 0 Å². The van der Waals surface area contributed by atoms with E-state index in [-0.39, 0.29) is 0 Å². The van der Waals surface area contributed by atoms with Crippen LogP contribution in [-0.2, 0) is 6.18 Å². The highest BCUT2D eigenvalue weighted by atomic mass is 19.4. The van der Waals surface area contributed by atoms with Gasteiger partial charge in [0.25, 0.3) is 0 Å². The van der Waals surface area contributed by atoms with E-state index in [9.17, 15) is 13.2 Å². The van der Waals surface area contributed by atoms with Crippen molar-refractivity contribution in [1.82, 2.24) is 0 Å². The molecule has 0 aliphatic rings. The van der Waals surface area contributed by atoms with Crippen molar-refractivity contribution in [3.8, 4) is 5.75 Å². The Bertz CT molecular complexity index is 309. The fourth-order valence-corrected chi connectivity index (χ4v) is 0.919. The lowest BCUT2D eigenvalue weighted by molar-refractivity contribution is -0.138. The summed E-state index contributed by atoms with van der Waals surface area (Å²) in [5, 5.41) is 11.5. The molecule has 0 atom stereocenters. The fraction of sp³-hybridized carbons (Fsp3) is 0.250. The van der Waals surface area contributed by atoms with Gasteiger partial charge in [-0.15, -0.1) is 0 Å². The van der Waals surface area contributed by atoms with Gasteiger partial charge in [-0.2, -0.15) is 13.2 Å². The number of rotatable bonds is 1. The minimum Gasteiger partial charge on any atom is -0.507 e. The van der Waals surface area contributed by atoms with Gasteiger partial charge in [0.15, 0.2) is 0 Å². The molecule has 0 saturated heterocycles. The van der Waals surface area contributed by atoms with Crippen LogP contribution < -0.4 is 5.32 Å². The number of hydrogen-bond donors (Lipinski definition) is 2. The van der Waals surface area contributed by atoms with Gasteiger partial charge in [0.1, 0.15) is 5.75 Å². The summed E-state index contributed by atoms with van der Waals surface area (Å²) >= 11 is 0. The first-order valence-corrected chi connectivity index (χ1v) is 3.53. The molecule has 1 aromatic carbocycles. The molecule has 0 radical (unpaired) electrons. The van der Waals surface area contributed by atoms with Gasteiger partial charge in [0.2, 0.25) is 0 Å². The molecule has 1 rings (SSSR count). The maximum Gasteiger partial charge on any atom is 0.420 e. The fourth-order valence-electron chi connectivity index (χ4n) is 0.919. The predicted molar refractivity (Wildman–Crippen MR) is 42.7 cm³/mol. The highest BCUT2D eigenvalue weighted by Gasteiger charge is 2.33. The molecular formula is C8H8F3NO. The van der Waals surface area contributed by atoms with Crippen molar-refractivity contribution in [2.24, 2.45) is 0 Å². The smallest absolute Gasteiger partial charge is 0.420 e. The molecule has 0 amide bonds. The third kappa shape index (κ3) is 2.05. The Morgan fingerprint density at radius 2 is 1.92 bits per heavy atom. The number of nitrogens with one attached hydrogen (secondary N) is 1. The standard InChI is InChI=1S/C8H8F3NO/c1-12-5-2-3-7(13)6(4-5)8(9,10)11/h2-4,12-13H,1H3. The van der Waals surface area contributed by atoms with Gasteiger partial charge in [-0.25, -0.2) is 0 Å². The van der Waals surface area contributed by atoms with Crippen LogP contribution >= 0.6 is 0 Å². The molecule has 0 fully saturated rings. The molecule has 0 spiro atoms.